The van der Waals surface area contributed by atoms with Gasteiger partial charge in [-0.25, -0.2) is 12.8 Å². The first-order valence-corrected chi connectivity index (χ1v) is 11.5. The summed E-state index contributed by atoms with van der Waals surface area (Å²) in [5.74, 6) is 0.160. The van der Waals surface area contributed by atoms with Crippen LogP contribution in [0.25, 0.3) is 0 Å². The molecule has 0 radical (unpaired) electrons. The third kappa shape index (κ3) is 5.15. The van der Waals surface area contributed by atoms with Gasteiger partial charge in [-0.3, -0.25) is 4.79 Å². The van der Waals surface area contributed by atoms with E-state index in [0.29, 0.717) is 38.1 Å². The number of carbonyl (C=O) groups excluding carboxylic acids is 1. The van der Waals surface area contributed by atoms with E-state index in [-0.39, 0.29) is 10.8 Å². The molecule has 1 saturated heterocycles. The number of amides is 1. The van der Waals surface area contributed by atoms with Gasteiger partial charge in [0, 0.05) is 18.7 Å². The number of carbonyl (C=O) groups is 1. The van der Waals surface area contributed by atoms with Gasteiger partial charge >= 0.3 is 0 Å². The molecule has 0 spiro atoms. The number of hydrogen-bond acceptors (Lipinski definition) is 4. The van der Waals surface area contributed by atoms with Crippen molar-refractivity contribution >= 4 is 15.7 Å². The fourth-order valence-electron chi connectivity index (χ4n) is 3.40. The highest BCUT2D eigenvalue weighted by Gasteiger charge is 2.33. The van der Waals surface area contributed by atoms with Crippen LogP contribution < -0.4 is 4.74 Å². The maximum absolute atomic E-state index is 13.1. The van der Waals surface area contributed by atoms with Crippen molar-refractivity contribution in [2.45, 2.75) is 42.8 Å². The Morgan fingerprint density at radius 3 is 2.28 bits per heavy atom. The average Bonchev–Trinajstić information content (AvgIpc) is 2.74. The van der Waals surface area contributed by atoms with Gasteiger partial charge in [0.1, 0.15) is 11.6 Å². The maximum atomic E-state index is 13.1. The van der Waals surface area contributed by atoms with E-state index in [4.69, 9.17) is 4.74 Å². The lowest BCUT2D eigenvalue weighted by atomic mass is 10.1. The molecule has 1 heterocycles. The highest BCUT2D eigenvalue weighted by molar-refractivity contribution is 7.92. The molecule has 1 aliphatic rings. The second-order valence-corrected chi connectivity index (χ2v) is 9.44. The summed E-state index contributed by atoms with van der Waals surface area (Å²) >= 11 is 0. The van der Waals surface area contributed by atoms with E-state index < -0.39 is 20.9 Å². The number of hydrogen-bond donors (Lipinski definition) is 0. The monoisotopic (exact) mass is 419 g/mol. The van der Waals surface area contributed by atoms with Crippen LogP contribution in [0.2, 0.25) is 0 Å². The van der Waals surface area contributed by atoms with Crippen LogP contribution in [0.15, 0.2) is 53.4 Å². The van der Waals surface area contributed by atoms with Crippen LogP contribution in [0.3, 0.4) is 0 Å². The van der Waals surface area contributed by atoms with Crippen molar-refractivity contribution in [3.63, 3.8) is 0 Å². The number of rotatable bonds is 7. The number of likely N-dealkylation sites (tertiary alicyclic amines) is 1. The molecule has 2 aromatic rings. The van der Waals surface area contributed by atoms with Gasteiger partial charge in [-0.1, -0.05) is 13.3 Å². The summed E-state index contributed by atoms with van der Waals surface area (Å²) < 4.78 is 44.2. The zero-order valence-electron chi connectivity index (χ0n) is 16.5. The van der Waals surface area contributed by atoms with E-state index in [1.54, 1.807) is 29.2 Å². The lowest BCUT2D eigenvalue weighted by Crippen LogP contribution is -2.42. The SMILES string of the molecule is CCCCOc1ccc(C(=O)N2CCC(S(=O)(=O)c3ccc(F)cc3)CC2)cc1. The minimum atomic E-state index is -3.53. The molecule has 0 bridgehead atoms. The number of ether oxygens (including phenoxy) is 1. The second-order valence-electron chi connectivity index (χ2n) is 7.22. The van der Waals surface area contributed by atoms with E-state index in [9.17, 15) is 17.6 Å². The van der Waals surface area contributed by atoms with Crippen LogP contribution in [0, 0.1) is 5.82 Å². The summed E-state index contributed by atoms with van der Waals surface area (Å²) in [4.78, 5) is 14.5. The van der Waals surface area contributed by atoms with Gasteiger partial charge in [0.15, 0.2) is 9.84 Å². The van der Waals surface area contributed by atoms with E-state index in [1.165, 1.54) is 12.1 Å². The topological polar surface area (TPSA) is 63.7 Å². The van der Waals surface area contributed by atoms with Crippen molar-refractivity contribution in [3.05, 3.63) is 59.9 Å². The Labute approximate surface area is 171 Å². The molecule has 1 fully saturated rings. The maximum Gasteiger partial charge on any atom is 0.253 e. The molecule has 7 heteroatoms. The Bertz CT molecular complexity index is 918. The molecule has 0 aromatic heterocycles. The van der Waals surface area contributed by atoms with Crippen molar-refractivity contribution in [1.82, 2.24) is 4.90 Å². The molecule has 2 aromatic carbocycles. The van der Waals surface area contributed by atoms with Gasteiger partial charge in [-0.05, 0) is 67.8 Å². The smallest absolute Gasteiger partial charge is 0.253 e. The molecule has 0 aliphatic carbocycles. The van der Waals surface area contributed by atoms with Crippen LogP contribution >= 0.6 is 0 Å². The Hall–Kier alpha value is -2.41. The quantitative estimate of drug-likeness (QED) is 0.501. The normalized spacial score (nSPS) is 15.3. The summed E-state index contributed by atoms with van der Waals surface area (Å²) in [6, 6.07) is 12.0. The molecule has 0 saturated carbocycles. The van der Waals surface area contributed by atoms with Crippen molar-refractivity contribution in [2.24, 2.45) is 0 Å². The number of nitrogens with zero attached hydrogens (tertiary/aromatic N) is 1. The summed E-state index contributed by atoms with van der Waals surface area (Å²) in [5, 5.41) is -0.564. The van der Waals surface area contributed by atoms with Gasteiger partial charge in [-0.2, -0.15) is 0 Å². The number of benzene rings is 2. The molecule has 5 nitrogen and oxygen atoms in total. The molecular formula is C22H26FNO4S. The Morgan fingerprint density at radius 1 is 1.07 bits per heavy atom. The van der Waals surface area contributed by atoms with Gasteiger partial charge in [0.25, 0.3) is 5.91 Å². The molecular weight excluding hydrogens is 393 g/mol. The average molecular weight is 420 g/mol. The van der Waals surface area contributed by atoms with Crippen LogP contribution in [-0.2, 0) is 9.84 Å². The molecule has 1 amide bonds. The molecule has 156 valence electrons. The zero-order chi connectivity index (χ0) is 20.9. The highest BCUT2D eigenvalue weighted by Crippen LogP contribution is 2.26. The van der Waals surface area contributed by atoms with Crippen molar-refractivity contribution in [3.8, 4) is 5.75 Å². The van der Waals surface area contributed by atoms with Crippen LogP contribution in [0.1, 0.15) is 43.0 Å². The Morgan fingerprint density at radius 2 is 1.69 bits per heavy atom. The Balaban J connectivity index is 1.58. The van der Waals surface area contributed by atoms with Gasteiger partial charge in [-0.15, -0.1) is 0 Å². The molecule has 0 unspecified atom stereocenters. The van der Waals surface area contributed by atoms with E-state index in [1.807, 2.05) is 0 Å². The largest absolute Gasteiger partial charge is 0.494 e. The number of piperidine rings is 1. The van der Waals surface area contributed by atoms with Gasteiger partial charge in [0.2, 0.25) is 0 Å². The molecule has 0 atom stereocenters. The molecule has 3 rings (SSSR count). The van der Waals surface area contributed by atoms with E-state index in [2.05, 4.69) is 6.92 Å². The predicted molar refractivity (Wildman–Crippen MR) is 109 cm³/mol. The highest BCUT2D eigenvalue weighted by atomic mass is 32.2. The first kappa shape index (κ1) is 21.3. The molecule has 29 heavy (non-hydrogen) atoms. The van der Waals surface area contributed by atoms with Crippen LogP contribution in [0.4, 0.5) is 4.39 Å². The second kappa shape index (κ2) is 9.39. The lowest BCUT2D eigenvalue weighted by Gasteiger charge is -2.31. The minimum absolute atomic E-state index is 0.109. The first-order valence-electron chi connectivity index (χ1n) is 9.93. The van der Waals surface area contributed by atoms with Crippen LogP contribution in [-0.4, -0.2) is 44.2 Å². The van der Waals surface area contributed by atoms with Crippen molar-refractivity contribution in [2.75, 3.05) is 19.7 Å². The van der Waals surface area contributed by atoms with Crippen molar-refractivity contribution < 1.29 is 22.3 Å². The lowest BCUT2D eigenvalue weighted by molar-refractivity contribution is 0.0725. The minimum Gasteiger partial charge on any atom is -0.494 e. The number of sulfone groups is 1. The van der Waals surface area contributed by atoms with Gasteiger partial charge in [0.05, 0.1) is 16.8 Å². The summed E-state index contributed by atoms with van der Waals surface area (Å²) in [6.07, 6.45) is 2.77. The van der Waals surface area contributed by atoms with E-state index >= 15 is 0 Å². The third-order valence-electron chi connectivity index (χ3n) is 5.18. The van der Waals surface area contributed by atoms with Crippen LogP contribution in [0.5, 0.6) is 5.75 Å². The summed E-state index contributed by atoms with van der Waals surface area (Å²) in [5.41, 5.74) is 0.563. The van der Waals surface area contributed by atoms with E-state index in [0.717, 1.165) is 30.7 Å². The summed E-state index contributed by atoms with van der Waals surface area (Å²) in [6.45, 7) is 3.50. The fraction of sp³-hybridized carbons (Fsp3) is 0.409. The first-order chi connectivity index (χ1) is 13.9. The summed E-state index contributed by atoms with van der Waals surface area (Å²) in [7, 11) is -3.53. The van der Waals surface area contributed by atoms with Gasteiger partial charge < -0.3 is 9.64 Å². The number of halogens is 1. The molecule has 0 N–H and O–H groups in total. The predicted octanol–water partition coefficient (Wildman–Crippen LogP) is 4.08. The van der Waals surface area contributed by atoms with Crippen molar-refractivity contribution in [1.29, 1.82) is 0 Å². The Kier molecular flexibility index (Phi) is 6.90. The fourth-order valence-corrected chi connectivity index (χ4v) is 5.13. The third-order valence-corrected chi connectivity index (χ3v) is 7.46. The zero-order valence-corrected chi connectivity index (χ0v) is 17.3. The molecule has 1 aliphatic heterocycles. The number of unbranched alkanes of at least 4 members (excludes halogenated alkanes) is 1. The standard InChI is InChI=1S/C22H26FNO4S/c1-2-3-16-28-19-8-4-17(5-9-19)22(25)24-14-12-21(13-15-24)29(26,27)20-10-6-18(23)7-11-20/h4-11,21H,2-3,12-16H2,1H3.